The number of aromatic nitrogens is 1. The van der Waals surface area contributed by atoms with Crippen LogP contribution in [0.3, 0.4) is 0 Å². The number of thiazole rings is 1. The van der Waals surface area contributed by atoms with E-state index in [2.05, 4.69) is 20.9 Å². The van der Waals surface area contributed by atoms with Gasteiger partial charge in [0.05, 0.1) is 0 Å². The molecule has 0 N–H and O–H groups in total. The lowest BCUT2D eigenvalue weighted by molar-refractivity contribution is 0.472. The van der Waals surface area contributed by atoms with E-state index in [4.69, 9.17) is 4.74 Å². The summed E-state index contributed by atoms with van der Waals surface area (Å²) in [6.45, 7) is 0. The lowest BCUT2D eigenvalue weighted by Gasteiger charge is -1.99. The molecule has 0 aliphatic heterocycles. The summed E-state index contributed by atoms with van der Waals surface area (Å²) in [5.74, 6) is 0.130. The zero-order valence-electron chi connectivity index (χ0n) is 6.91. The van der Waals surface area contributed by atoms with Crippen LogP contribution in [0.4, 0.5) is 4.39 Å². The van der Waals surface area contributed by atoms with Crippen molar-refractivity contribution in [2.45, 2.75) is 0 Å². The average Bonchev–Trinajstić information content (AvgIpc) is 2.51. The number of hydrogen-bond acceptors (Lipinski definition) is 3. The predicted molar refractivity (Wildman–Crippen MR) is 56.3 cm³/mol. The van der Waals surface area contributed by atoms with Crippen LogP contribution in [0.2, 0.25) is 0 Å². The Kier molecular flexibility index (Phi) is 2.79. The number of rotatable bonds is 2. The molecule has 0 amide bonds. The Morgan fingerprint density at radius 2 is 2.29 bits per heavy atom. The first kappa shape index (κ1) is 9.61. The topological polar surface area (TPSA) is 22.1 Å². The fraction of sp³-hybridized carbons (Fsp3) is 0. The van der Waals surface area contributed by atoms with Crippen LogP contribution < -0.4 is 4.74 Å². The minimum absolute atomic E-state index is 0.321. The Morgan fingerprint density at radius 1 is 1.43 bits per heavy atom. The van der Waals surface area contributed by atoms with Gasteiger partial charge in [0.1, 0.15) is 16.2 Å². The van der Waals surface area contributed by atoms with Crippen molar-refractivity contribution in [2.75, 3.05) is 0 Å². The Bertz CT molecular complexity index is 446. The lowest BCUT2D eigenvalue weighted by Crippen LogP contribution is -1.83. The van der Waals surface area contributed by atoms with E-state index in [1.54, 1.807) is 17.5 Å². The van der Waals surface area contributed by atoms with E-state index in [0.717, 1.165) is 0 Å². The van der Waals surface area contributed by atoms with Gasteiger partial charge in [0.15, 0.2) is 0 Å². The molecule has 0 radical (unpaired) electrons. The van der Waals surface area contributed by atoms with Crippen LogP contribution >= 0.6 is 27.3 Å². The van der Waals surface area contributed by atoms with Crippen LogP contribution in [0.5, 0.6) is 10.9 Å². The molecule has 1 heterocycles. The smallest absolute Gasteiger partial charge is 0.279 e. The first-order valence-electron chi connectivity index (χ1n) is 3.78. The van der Waals surface area contributed by atoms with Gasteiger partial charge in [0, 0.05) is 11.4 Å². The van der Waals surface area contributed by atoms with Crippen molar-refractivity contribution in [2.24, 2.45) is 0 Å². The lowest BCUT2D eigenvalue weighted by atomic mass is 10.3. The monoisotopic (exact) mass is 273 g/mol. The third-order valence-electron chi connectivity index (χ3n) is 1.46. The molecule has 2 aromatic rings. The summed E-state index contributed by atoms with van der Waals surface area (Å²) in [5, 5.41) is 2.29. The van der Waals surface area contributed by atoms with Crippen LogP contribution in [0.25, 0.3) is 0 Å². The second-order valence-electron chi connectivity index (χ2n) is 2.50. The van der Waals surface area contributed by atoms with Gasteiger partial charge in [-0.25, -0.2) is 4.39 Å². The summed E-state index contributed by atoms with van der Waals surface area (Å²) in [4.78, 5) is 4.03. The Balaban J connectivity index is 2.18. The third kappa shape index (κ3) is 2.30. The number of halogens is 2. The van der Waals surface area contributed by atoms with E-state index < -0.39 is 0 Å². The standard InChI is InChI=1S/C9H5BrFNOS/c10-8-5-14-9(12-8)13-7-3-1-2-6(11)4-7/h1-5H. The number of ether oxygens (including phenoxy) is 1. The van der Waals surface area contributed by atoms with Crippen LogP contribution in [-0.4, -0.2) is 4.98 Å². The van der Waals surface area contributed by atoms with Crippen molar-refractivity contribution in [1.29, 1.82) is 0 Å². The zero-order chi connectivity index (χ0) is 9.97. The van der Waals surface area contributed by atoms with Gasteiger partial charge < -0.3 is 4.74 Å². The summed E-state index contributed by atoms with van der Waals surface area (Å²) in [6.07, 6.45) is 0. The van der Waals surface area contributed by atoms with Crippen LogP contribution in [-0.2, 0) is 0 Å². The van der Waals surface area contributed by atoms with Crippen molar-refractivity contribution < 1.29 is 9.13 Å². The normalized spacial score (nSPS) is 10.1. The molecule has 0 unspecified atom stereocenters. The SMILES string of the molecule is Fc1cccc(Oc2nc(Br)cs2)c1. The molecule has 0 aliphatic rings. The largest absolute Gasteiger partial charge is 0.431 e. The molecule has 2 rings (SSSR count). The minimum Gasteiger partial charge on any atom is -0.431 e. The van der Waals surface area contributed by atoms with E-state index in [1.165, 1.54) is 23.5 Å². The maximum atomic E-state index is 12.8. The molecule has 0 saturated heterocycles. The van der Waals surface area contributed by atoms with Gasteiger partial charge in [0.2, 0.25) is 0 Å². The highest BCUT2D eigenvalue weighted by Crippen LogP contribution is 2.27. The maximum absolute atomic E-state index is 12.8. The van der Waals surface area contributed by atoms with Crippen molar-refractivity contribution in [3.63, 3.8) is 0 Å². The summed E-state index contributed by atoms with van der Waals surface area (Å²) in [5.41, 5.74) is 0. The second kappa shape index (κ2) is 4.06. The van der Waals surface area contributed by atoms with Gasteiger partial charge in [-0.1, -0.05) is 17.4 Å². The van der Waals surface area contributed by atoms with Crippen molar-refractivity contribution in [3.8, 4) is 10.9 Å². The third-order valence-corrected chi connectivity index (χ3v) is 2.88. The molecule has 1 aromatic carbocycles. The number of benzene rings is 1. The van der Waals surface area contributed by atoms with Crippen molar-refractivity contribution >= 4 is 27.3 Å². The highest BCUT2D eigenvalue weighted by Gasteiger charge is 2.02. The van der Waals surface area contributed by atoms with E-state index in [9.17, 15) is 4.39 Å². The fourth-order valence-electron chi connectivity index (χ4n) is 0.917. The summed E-state index contributed by atoms with van der Waals surface area (Å²) < 4.78 is 18.8. The van der Waals surface area contributed by atoms with Crippen LogP contribution in [0.1, 0.15) is 0 Å². The molecule has 72 valence electrons. The number of hydrogen-bond donors (Lipinski definition) is 0. The molecule has 1 aromatic heterocycles. The summed E-state index contributed by atoms with van der Waals surface area (Å²) >= 11 is 4.55. The number of nitrogens with zero attached hydrogens (tertiary/aromatic N) is 1. The van der Waals surface area contributed by atoms with E-state index in [0.29, 0.717) is 15.5 Å². The van der Waals surface area contributed by atoms with Crippen molar-refractivity contribution in [1.82, 2.24) is 4.98 Å². The maximum Gasteiger partial charge on any atom is 0.279 e. The average molecular weight is 274 g/mol. The van der Waals surface area contributed by atoms with E-state index >= 15 is 0 Å². The van der Waals surface area contributed by atoms with Crippen LogP contribution in [0.15, 0.2) is 34.2 Å². The first-order valence-corrected chi connectivity index (χ1v) is 5.46. The molecular formula is C9H5BrFNOS. The molecule has 0 aliphatic carbocycles. The van der Waals surface area contributed by atoms with E-state index in [-0.39, 0.29) is 5.82 Å². The summed E-state index contributed by atoms with van der Waals surface area (Å²) in [6, 6.07) is 5.95. The Hall–Kier alpha value is -0.940. The molecule has 0 saturated carbocycles. The predicted octanol–water partition coefficient (Wildman–Crippen LogP) is 3.84. The Labute approximate surface area is 92.5 Å². The van der Waals surface area contributed by atoms with Gasteiger partial charge in [-0.2, -0.15) is 4.98 Å². The molecular weight excluding hydrogens is 269 g/mol. The molecule has 2 nitrogen and oxygen atoms in total. The molecule has 0 atom stereocenters. The molecule has 0 spiro atoms. The van der Waals surface area contributed by atoms with Crippen molar-refractivity contribution in [3.05, 3.63) is 40.1 Å². The second-order valence-corrected chi connectivity index (χ2v) is 4.13. The Morgan fingerprint density at radius 3 is 2.93 bits per heavy atom. The highest BCUT2D eigenvalue weighted by molar-refractivity contribution is 9.10. The zero-order valence-corrected chi connectivity index (χ0v) is 9.31. The van der Waals surface area contributed by atoms with Gasteiger partial charge in [-0.3, -0.25) is 0 Å². The van der Waals surface area contributed by atoms with Gasteiger partial charge in [0.25, 0.3) is 5.19 Å². The van der Waals surface area contributed by atoms with Gasteiger partial charge in [-0.15, -0.1) is 0 Å². The van der Waals surface area contributed by atoms with Gasteiger partial charge in [-0.05, 0) is 28.1 Å². The van der Waals surface area contributed by atoms with Crippen LogP contribution in [0, 0.1) is 5.82 Å². The fourth-order valence-corrected chi connectivity index (χ4v) is 2.02. The minimum atomic E-state index is -0.321. The molecule has 0 fully saturated rings. The first-order chi connectivity index (χ1) is 6.74. The molecule has 0 bridgehead atoms. The van der Waals surface area contributed by atoms with E-state index in [1.807, 2.05) is 0 Å². The quantitative estimate of drug-likeness (QED) is 0.830. The molecule has 14 heavy (non-hydrogen) atoms. The highest BCUT2D eigenvalue weighted by atomic mass is 79.9. The molecule has 5 heteroatoms. The summed E-state index contributed by atoms with van der Waals surface area (Å²) in [7, 11) is 0. The van der Waals surface area contributed by atoms with Gasteiger partial charge >= 0.3 is 0 Å².